The first-order valence-corrected chi connectivity index (χ1v) is 13.0. The highest BCUT2D eigenvalue weighted by atomic mass is 16.5. The standard InChI is InChI=1S/C29H45NO/c1-3-5-7-9-10-12-14-24-31-29-22-18-26(19-23-29)16-20-28-21-17-27(25-30-28)15-13-11-8-6-4-2/h17-19,21-23,25H,3-16,20,24H2,1-2H3. The Morgan fingerprint density at radius 1 is 0.581 bits per heavy atom. The number of hydrogen-bond acceptors (Lipinski definition) is 2. The zero-order chi connectivity index (χ0) is 22.0. The van der Waals surface area contributed by atoms with Gasteiger partial charge in [-0.05, 0) is 61.4 Å². The molecule has 0 N–H and O–H groups in total. The zero-order valence-electron chi connectivity index (χ0n) is 20.2. The number of ether oxygens (including phenoxy) is 1. The highest BCUT2D eigenvalue weighted by Gasteiger charge is 2.01. The van der Waals surface area contributed by atoms with Crippen molar-refractivity contribution in [2.45, 2.75) is 110 Å². The van der Waals surface area contributed by atoms with Gasteiger partial charge >= 0.3 is 0 Å². The van der Waals surface area contributed by atoms with Crippen LogP contribution in [0.25, 0.3) is 0 Å². The Labute approximate surface area is 191 Å². The fraction of sp³-hybridized carbons (Fsp3) is 0.621. The van der Waals surface area contributed by atoms with E-state index in [9.17, 15) is 0 Å². The van der Waals surface area contributed by atoms with E-state index in [2.05, 4.69) is 61.4 Å². The zero-order valence-corrected chi connectivity index (χ0v) is 20.2. The van der Waals surface area contributed by atoms with Crippen molar-refractivity contribution in [2.75, 3.05) is 6.61 Å². The lowest BCUT2D eigenvalue weighted by molar-refractivity contribution is 0.304. The number of aromatic nitrogens is 1. The third kappa shape index (κ3) is 12.0. The summed E-state index contributed by atoms with van der Waals surface area (Å²) in [5.74, 6) is 0.996. The van der Waals surface area contributed by atoms with Gasteiger partial charge in [-0.2, -0.15) is 0 Å². The van der Waals surface area contributed by atoms with Crippen molar-refractivity contribution < 1.29 is 4.74 Å². The minimum absolute atomic E-state index is 0.835. The third-order valence-electron chi connectivity index (χ3n) is 6.06. The molecular formula is C29H45NO. The summed E-state index contributed by atoms with van der Waals surface area (Å²) in [6, 6.07) is 13.1. The molecule has 0 atom stereocenters. The molecule has 2 aromatic rings. The minimum atomic E-state index is 0.835. The molecule has 2 rings (SSSR count). The molecule has 0 saturated heterocycles. The first-order chi connectivity index (χ1) is 15.3. The first-order valence-electron chi connectivity index (χ1n) is 13.0. The van der Waals surface area contributed by atoms with Crippen molar-refractivity contribution in [3.05, 3.63) is 59.4 Å². The second-order valence-electron chi connectivity index (χ2n) is 8.94. The molecule has 31 heavy (non-hydrogen) atoms. The maximum absolute atomic E-state index is 5.91. The van der Waals surface area contributed by atoms with Gasteiger partial charge in [0.05, 0.1) is 6.61 Å². The molecule has 172 valence electrons. The van der Waals surface area contributed by atoms with Gasteiger partial charge in [0.15, 0.2) is 0 Å². The lowest BCUT2D eigenvalue weighted by atomic mass is 10.0. The van der Waals surface area contributed by atoms with Crippen molar-refractivity contribution >= 4 is 0 Å². The lowest BCUT2D eigenvalue weighted by Crippen LogP contribution is -1.98. The highest BCUT2D eigenvalue weighted by Crippen LogP contribution is 2.15. The fourth-order valence-corrected chi connectivity index (χ4v) is 3.96. The van der Waals surface area contributed by atoms with Crippen molar-refractivity contribution in [1.29, 1.82) is 0 Å². The monoisotopic (exact) mass is 423 g/mol. The predicted molar refractivity (Wildman–Crippen MR) is 134 cm³/mol. The quantitative estimate of drug-likeness (QED) is 0.224. The number of rotatable bonds is 18. The number of unbranched alkanes of at least 4 members (excludes halogenated alkanes) is 10. The summed E-state index contributed by atoms with van der Waals surface area (Å²) in [5, 5.41) is 0. The smallest absolute Gasteiger partial charge is 0.119 e. The molecule has 2 nitrogen and oxygen atoms in total. The number of aryl methyl sites for hydroxylation is 3. The third-order valence-corrected chi connectivity index (χ3v) is 6.06. The van der Waals surface area contributed by atoms with Gasteiger partial charge in [-0.1, -0.05) is 96.3 Å². The summed E-state index contributed by atoms with van der Waals surface area (Å²) in [7, 11) is 0. The Morgan fingerprint density at radius 3 is 1.84 bits per heavy atom. The predicted octanol–water partition coefficient (Wildman–Crippen LogP) is 8.51. The molecule has 0 saturated carbocycles. The van der Waals surface area contributed by atoms with Gasteiger partial charge in [-0.15, -0.1) is 0 Å². The van der Waals surface area contributed by atoms with Crippen LogP contribution in [0.3, 0.4) is 0 Å². The Hall–Kier alpha value is -1.83. The average molecular weight is 424 g/mol. The molecule has 0 bridgehead atoms. The van der Waals surface area contributed by atoms with Crippen LogP contribution in [0.5, 0.6) is 5.75 Å². The topological polar surface area (TPSA) is 22.1 Å². The van der Waals surface area contributed by atoms with E-state index in [4.69, 9.17) is 4.74 Å². The Bertz CT molecular complexity index is 662. The Balaban J connectivity index is 1.59. The van der Waals surface area contributed by atoms with Crippen LogP contribution in [0.4, 0.5) is 0 Å². The minimum Gasteiger partial charge on any atom is -0.494 e. The first kappa shape index (κ1) is 25.4. The number of nitrogens with zero attached hydrogens (tertiary/aromatic N) is 1. The van der Waals surface area contributed by atoms with Crippen LogP contribution < -0.4 is 4.74 Å². The summed E-state index contributed by atoms with van der Waals surface area (Å²) in [6.45, 7) is 5.37. The second kappa shape index (κ2) is 16.8. The van der Waals surface area contributed by atoms with Crippen molar-refractivity contribution in [2.24, 2.45) is 0 Å². The van der Waals surface area contributed by atoms with Crippen LogP contribution in [-0.2, 0) is 19.3 Å². The largest absolute Gasteiger partial charge is 0.494 e. The fourth-order valence-electron chi connectivity index (χ4n) is 3.96. The van der Waals surface area contributed by atoms with Gasteiger partial charge in [0.25, 0.3) is 0 Å². The summed E-state index contributed by atoms with van der Waals surface area (Å²) in [5.41, 5.74) is 3.92. The van der Waals surface area contributed by atoms with Gasteiger partial charge in [-0.3, -0.25) is 4.98 Å². The van der Waals surface area contributed by atoms with Crippen LogP contribution >= 0.6 is 0 Å². The molecule has 1 aromatic heterocycles. The molecule has 0 unspecified atom stereocenters. The van der Waals surface area contributed by atoms with Gasteiger partial charge in [0, 0.05) is 11.9 Å². The number of benzene rings is 1. The van der Waals surface area contributed by atoms with Gasteiger partial charge in [-0.25, -0.2) is 0 Å². The number of pyridine rings is 1. The average Bonchev–Trinajstić information content (AvgIpc) is 2.81. The SMILES string of the molecule is CCCCCCCCCOc1ccc(CCc2ccc(CCCCCCC)cn2)cc1. The highest BCUT2D eigenvalue weighted by molar-refractivity contribution is 5.28. The molecule has 2 heteroatoms. The van der Waals surface area contributed by atoms with Crippen LogP contribution in [0, 0.1) is 0 Å². The maximum atomic E-state index is 5.91. The van der Waals surface area contributed by atoms with Crippen LogP contribution in [0.1, 0.15) is 108 Å². The van der Waals surface area contributed by atoms with E-state index < -0.39 is 0 Å². The van der Waals surface area contributed by atoms with E-state index in [1.165, 1.54) is 87.4 Å². The maximum Gasteiger partial charge on any atom is 0.119 e. The van der Waals surface area contributed by atoms with Gasteiger partial charge in [0.1, 0.15) is 5.75 Å². The van der Waals surface area contributed by atoms with Crippen LogP contribution in [-0.4, -0.2) is 11.6 Å². The van der Waals surface area contributed by atoms with Gasteiger partial charge < -0.3 is 4.74 Å². The van der Waals surface area contributed by atoms with E-state index in [1.54, 1.807) is 0 Å². The summed E-state index contributed by atoms with van der Waals surface area (Å²) in [4.78, 5) is 4.68. The molecule has 1 aromatic carbocycles. The van der Waals surface area contributed by atoms with Crippen LogP contribution in [0.15, 0.2) is 42.6 Å². The normalized spacial score (nSPS) is 11.0. The van der Waals surface area contributed by atoms with Crippen molar-refractivity contribution in [3.63, 3.8) is 0 Å². The van der Waals surface area contributed by atoms with Gasteiger partial charge in [0.2, 0.25) is 0 Å². The Kier molecular flexibility index (Phi) is 13.8. The molecule has 0 amide bonds. The molecule has 0 aliphatic rings. The van der Waals surface area contributed by atoms with E-state index in [-0.39, 0.29) is 0 Å². The Morgan fingerprint density at radius 2 is 1.19 bits per heavy atom. The lowest BCUT2D eigenvalue weighted by Gasteiger charge is -2.08. The molecular weight excluding hydrogens is 378 g/mol. The summed E-state index contributed by atoms with van der Waals surface area (Å²) in [6.07, 6.45) is 21.2. The molecule has 0 aliphatic heterocycles. The van der Waals surface area contributed by atoms with Crippen molar-refractivity contribution in [1.82, 2.24) is 4.98 Å². The number of hydrogen-bond donors (Lipinski definition) is 0. The molecule has 1 heterocycles. The van der Waals surface area contributed by atoms with Crippen LogP contribution in [0.2, 0.25) is 0 Å². The second-order valence-corrected chi connectivity index (χ2v) is 8.94. The van der Waals surface area contributed by atoms with E-state index in [0.717, 1.165) is 38.0 Å². The molecule has 0 aliphatic carbocycles. The van der Waals surface area contributed by atoms with E-state index >= 15 is 0 Å². The van der Waals surface area contributed by atoms with Crippen molar-refractivity contribution in [3.8, 4) is 5.75 Å². The molecule has 0 radical (unpaired) electrons. The van der Waals surface area contributed by atoms with E-state index in [0.29, 0.717) is 0 Å². The van der Waals surface area contributed by atoms with E-state index in [1.807, 2.05) is 0 Å². The molecule has 0 spiro atoms. The summed E-state index contributed by atoms with van der Waals surface area (Å²) >= 11 is 0. The molecule has 0 fully saturated rings. The summed E-state index contributed by atoms with van der Waals surface area (Å²) < 4.78 is 5.91.